The number of rotatable bonds is 4. The van der Waals surface area contributed by atoms with Crippen LogP contribution in [0.15, 0.2) is 39.9 Å². The number of furan rings is 1. The van der Waals surface area contributed by atoms with Crippen LogP contribution in [0, 0.1) is 10.1 Å². The summed E-state index contributed by atoms with van der Waals surface area (Å²) in [6.45, 7) is 1.33. The smallest absolute Gasteiger partial charge is 0.270 e. The van der Waals surface area contributed by atoms with Crippen molar-refractivity contribution in [1.82, 2.24) is 5.43 Å². The van der Waals surface area contributed by atoms with Crippen LogP contribution < -0.4 is 5.43 Å². The van der Waals surface area contributed by atoms with Gasteiger partial charge in [0.1, 0.15) is 11.5 Å². The molecule has 0 aliphatic carbocycles. The summed E-state index contributed by atoms with van der Waals surface area (Å²) in [6.07, 6.45) is 1.32. The molecule has 108 valence electrons. The molecule has 0 radical (unpaired) electrons. The first-order valence-electron chi connectivity index (χ1n) is 5.81. The predicted octanol–water partition coefficient (Wildman–Crippen LogP) is 2.98. The van der Waals surface area contributed by atoms with Crippen LogP contribution in [0.25, 0.3) is 11.3 Å². The SMILES string of the molecule is CC(=O)NN=Cc1ccc(-c2cc([N+](=O)[O-])ccc2Cl)o1. The Balaban J connectivity index is 2.29. The van der Waals surface area contributed by atoms with E-state index >= 15 is 0 Å². The Hall–Kier alpha value is -2.67. The number of halogens is 1. The topological polar surface area (TPSA) is 97.7 Å². The molecule has 1 aromatic carbocycles. The number of carbonyl (C=O) groups is 1. The van der Waals surface area contributed by atoms with Crippen LogP contribution in [-0.2, 0) is 4.79 Å². The highest BCUT2D eigenvalue weighted by Gasteiger charge is 2.13. The van der Waals surface area contributed by atoms with Crippen molar-refractivity contribution in [2.75, 3.05) is 0 Å². The molecule has 0 saturated carbocycles. The summed E-state index contributed by atoms with van der Waals surface area (Å²) in [4.78, 5) is 20.9. The summed E-state index contributed by atoms with van der Waals surface area (Å²) < 4.78 is 5.46. The van der Waals surface area contributed by atoms with Crippen molar-refractivity contribution < 1.29 is 14.1 Å². The van der Waals surface area contributed by atoms with Gasteiger partial charge in [-0.2, -0.15) is 5.10 Å². The van der Waals surface area contributed by atoms with Crippen molar-refractivity contribution in [2.45, 2.75) is 6.92 Å². The molecule has 0 saturated heterocycles. The predicted molar refractivity (Wildman–Crippen MR) is 77.2 cm³/mol. The minimum Gasteiger partial charge on any atom is -0.455 e. The molecule has 0 spiro atoms. The third-order valence-corrected chi connectivity index (χ3v) is 2.80. The number of amides is 1. The number of hydrazone groups is 1. The quantitative estimate of drug-likeness (QED) is 0.533. The minimum absolute atomic E-state index is 0.0840. The van der Waals surface area contributed by atoms with Crippen LogP contribution in [0.5, 0.6) is 0 Å². The van der Waals surface area contributed by atoms with Crippen LogP contribution in [0.1, 0.15) is 12.7 Å². The van der Waals surface area contributed by atoms with E-state index in [0.29, 0.717) is 22.1 Å². The second-order valence-corrected chi connectivity index (χ2v) is 4.46. The molecule has 8 heteroatoms. The van der Waals surface area contributed by atoms with Gasteiger partial charge in [-0.1, -0.05) is 11.6 Å². The Bertz CT molecular complexity index is 724. The number of hydrogen-bond acceptors (Lipinski definition) is 5. The lowest BCUT2D eigenvalue weighted by Crippen LogP contribution is -2.12. The summed E-state index contributed by atoms with van der Waals surface area (Å²) in [5.74, 6) is 0.439. The van der Waals surface area contributed by atoms with E-state index in [4.69, 9.17) is 16.0 Å². The molecule has 1 amide bonds. The molecule has 0 atom stereocenters. The molecular formula is C13H10ClN3O4. The highest BCUT2D eigenvalue weighted by atomic mass is 35.5. The van der Waals surface area contributed by atoms with Crippen LogP contribution in [-0.4, -0.2) is 17.0 Å². The second-order valence-electron chi connectivity index (χ2n) is 4.05. The Morgan fingerprint density at radius 3 is 2.86 bits per heavy atom. The molecule has 2 aromatic rings. The number of carbonyl (C=O) groups excluding carboxylic acids is 1. The van der Waals surface area contributed by atoms with Gasteiger partial charge in [-0.05, 0) is 18.2 Å². The molecule has 21 heavy (non-hydrogen) atoms. The average molecular weight is 308 g/mol. The lowest BCUT2D eigenvalue weighted by Gasteiger charge is -2.00. The lowest BCUT2D eigenvalue weighted by atomic mass is 10.1. The van der Waals surface area contributed by atoms with Gasteiger partial charge in [0.25, 0.3) is 5.69 Å². The van der Waals surface area contributed by atoms with E-state index in [9.17, 15) is 14.9 Å². The van der Waals surface area contributed by atoms with E-state index in [2.05, 4.69) is 10.5 Å². The summed E-state index contributed by atoms with van der Waals surface area (Å²) in [7, 11) is 0. The van der Waals surface area contributed by atoms with Gasteiger partial charge in [0.2, 0.25) is 5.91 Å². The number of nitrogens with one attached hydrogen (secondary N) is 1. The van der Waals surface area contributed by atoms with E-state index in [0.717, 1.165) is 0 Å². The Kier molecular flexibility index (Phi) is 4.34. The second kappa shape index (κ2) is 6.19. The van der Waals surface area contributed by atoms with E-state index < -0.39 is 4.92 Å². The summed E-state index contributed by atoms with van der Waals surface area (Å²) >= 11 is 6.02. The number of nitro groups is 1. The minimum atomic E-state index is -0.512. The molecule has 0 fully saturated rings. The zero-order valence-corrected chi connectivity index (χ0v) is 11.6. The fourth-order valence-corrected chi connectivity index (χ4v) is 1.78. The van der Waals surface area contributed by atoms with Gasteiger partial charge in [0.15, 0.2) is 0 Å². The zero-order chi connectivity index (χ0) is 15.4. The van der Waals surface area contributed by atoms with Gasteiger partial charge in [0, 0.05) is 24.6 Å². The standard InChI is InChI=1S/C13H10ClN3O4/c1-8(18)16-15-7-10-3-5-13(21-10)11-6-9(17(19)20)2-4-12(11)14/h2-7H,1H3,(H,16,18). The first-order valence-corrected chi connectivity index (χ1v) is 6.19. The van der Waals surface area contributed by atoms with Gasteiger partial charge in [0.05, 0.1) is 16.2 Å². The van der Waals surface area contributed by atoms with E-state index in [1.54, 1.807) is 12.1 Å². The number of nitro benzene ring substituents is 1. The average Bonchev–Trinajstić information content (AvgIpc) is 2.87. The number of non-ortho nitro benzene ring substituents is 1. The number of nitrogens with zero attached hydrogens (tertiary/aromatic N) is 2. The fourth-order valence-electron chi connectivity index (χ4n) is 1.57. The molecular weight excluding hydrogens is 298 g/mol. The van der Waals surface area contributed by atoms with E-state index in [1.165, 1.54) is 31.3 Å². The highest BCUT2D eigenvalue weighted by Crippen LogP contribution is 2.32. The molecule has 0 aliphatic heterocycles. The van der Waals surface area contributed by atoms with Crippen molar-refractivity contribution in [3.63, 3.8) is 0 Å². The van der Waals surface area contributed by atoms with E-state index in [1.807, 2.05) is 0 Å². The first-order chi connectivity index (χ1) is 9.97. The first kappa shape index (κ1) is 14.7. The maximum Gasteiger partial charge on any atom is 0.270 e. The Morgan fingerprint density at radius 2 is 2.19 bits per heavy atom. The molecule has 0 unspecified atom stereocenters. The highest BCUT2D eigenvalue weighted by molar-refractivity contribution is 6.33. The van der Waals surface area contributed by atoms with Gasteiger partial charge >= 0.3 is 0 Å². The van der Waals surface area contributed by atoms with E-state index in [-0.39, 0.29) is 11.6 Å². The summed E-state index contributed by atoms with van der Waals surface area (Å²) in [5.41, 5.74) is 2.56. The lowest BCUT2D eigenvalue weighted by molar-refractivity contribution is -0.384. The summed E-state index contributed by atoms with van der Waals surface area (Å²) in [6, 6.07) is 7.29. The van der Waals surface area contributed by atoms with Gasteiger partial charge in [-0.3, -0.25) is 14.9 Å². The van der Waals surface area contributed by atoms with Crippen LogP contribution in [0.4, 0.5) is 5.69 Å². The molecule has 1 aromatic heterocycles. The molecule has 0 bridgehead atoms. The Labute approximate surface area is 124 Å². The number of benzene rings is 1. The Morgan fingerprint density at radius 1 is 1.43 bits per heavy atom. The fraction of sp³-hybridized carbons (Fsp3) is 0.0769. The third kappa shape index (κ3) is 3.67. The molecule has 1 heterocycles. The van der Waals surface area contributed by atoms with Crippen molar-refractivity contribution in [3.8, 4) is 11.3 Å². The van der Waals surface area contributed by atoms with Crippen LogP contribution in [0.3, 0.4) is 0 Å². The molecule has 0 aliphatic rings. The van der Waals surface area contributed by atoms with Gasteiger partial charge in [-0.25, -0.2) is 5.43 Å². The summed E-state index contributed by atoms with van der Waals surface area (Å²) in [5, 5.41) is 14.8. The van der Waals surface area contributed by atoms with Crippen molar-refractivity contribution in [2.24, 2.45) is 5.10 Å². The molecule has 2 rings (SSSR count). The van der Waals surface area contributed by atoms with Crippen molar-refractivity contribution in [1.29, 1.82) is 0 Å². The maximum atomic E-state index is 10.8. The van der Waals surface area contributed by atoms with Gasteiger partial charge < -0.3 is 4.42 Å². The van der Waals surface area contributed by atoms with Crippen LogP contribution >= 0.6 is 11.6 Å². The monoisotopic (exact) mass is 307 g/mol. The normalized spacial score (nSPS) is 10.8. The molecule has 7 nitrogen and oxygen atoms in total. The number of hydrogen-bond donors (Lipinski definition) is 1. The van der Waals surface area contributed by atoms with Crippen molar-refractivity contribution >= 4 is 29.4 Å². The van der Waals surface area contributed by atoms with Gasteiger partial charge in [-0.15, -0.1) is 0 Å². The third-order valence-electron chi connectivity index (χ3n) is 2.47. The molecule has 1 N–H and O–H groups in total. The largest absolute Gasteiger partial charge is 0.455 e. The zero-order valence-electron chi connectivity index (χ0n) is 10.9. The van der Waals surface area contributed by atoms with Crippen molar-refractivity contribution in [3.05, 3.63) is 51.2 Å². The van der Waals surface area contributed by atoms with Crippen LogP contribution in [0.2, 0.25) is 5.02 Å². The maximum absolute atomic E-state index is 10.8.